The maximum Gasteiger partial charge on any atom is 0.261 e. The van der Waals surface area contributed by atoms with E-state index in [9.17, 15) is 14.0 Å². The summed E-state index contributed by atoms with van der Waals surface area (Å²) in [6, 6.07) is 5.46. The van der Waals surface area contributed by atoms with Crippen LogP contribution in [0.15, 0.2) is 24.3 Å². The minimum absolute atomic E-state index is 0. The molecule has 0 bridgehead atoms. The molecule has 1 unspecified atom stereocenters. The maximum atomic E-state index is 13.1. The monoisotopic (exact) mass is 417 g/mol. The molecule has 1 aliphatic rings. The Kier molecular flexibility index (Phi) is 7.00. The number of aryl methyl sites for hydroxylation is 1. The molecule has 1 fully saturated rings. The standard InChI is InChI=1S/C17H17ClFN3O2S.ClH/c1-9-6-14(22-16(23)12-3-2-10(19)7-13(12)18)25-15(9)17(24)21-11-4-5-20-8-11;/h2-3,6-7,11,20H,4-5,8H2,1H3,(H,21,24)(H,22,23);1H. The van der Waals surface area contributed by atoms with Gasteiger partial charge in [-0.15, -0.1) is 23.7 Å². The summed E-state index contributed by atoms with van der Waals surface area (Å²) in [5.74, 6) is -1.09. The van der Waals surface area contributed by atoms with Crippen molar-refractivity contribution in [1.82, 2.24) is 10.6 Å². The number of carbonyl (C=O) groups excluding carboxylic acids is 2. The number of amides is 2. The molecule has 1 aromatic carbocycles. The molecule has 26 heavy (non-hydrogen) atoms. The van der Waals surface area contributed by atoms with E-state index < -0.39 is 11.7 Å². The number of hydrogen-bond donors (Lipinski definition) is 3. The van der Waals surface area contributed by atoms with E-state index in [2.05, 4.69) is 16.0 Å². The van der Waals surface area contributed by atoms with Crippen molar-refractivity contribution < 1.29 is 14.0 Å². The second-order valence-electron chi connectivity index (χ2n) is 5.86. The van der Waals surface area contributed by atoms with Crippen molar-refractivity contribution in [2.75, 3.05) is 18.4 Å². The van der Waals surface area contributed by atoms with Gasteiger partial charge in [0.05, 0.1) is 20.5 Å². The van der Waals surface area contributed by atoms with Crippen LogP contribution in [0.1, 0.15) is 32.0 Å². The minimum atomic E-state index is -0.506. The Bertz CT molecular complexity index is 822. The number of hydrogen-bond acceptors (Lipinski definition) is 4. The lowest BCUT2D eigenvalue weighted by atomic mass is 10.2. The lowest BCUT2D eigenvalue weighted by Gasteiger charge is -2.10. The highest BCUT2D eigenvalue weighted by Crippen LogP contribution is 2.28. The van der Waals surface area contributed by atoms with Gasteiger partial charge in [-0.2, -0.15) is 0 Å². The van der Waals surface area contributed by atoms with Crippen LogP contribution >= 0.6 is 35.3 Å². The van der Waals surface area contributed by atoms with Gasteiger partial charge in [0.1, 0.15) is 5.82 Å². The zero-order chi connectivity index (χ0) is 18.0. The molecule has 3 rings (SSSR count). The van der Waals surface area contributed by atoms with E-state index in [-0.39, 0.29) is 34.9 Å². The van der Waals surface area contributed by atoms with Crippen molar-refractivity contribution in [3.8, 4) is 0 Å². The first-order valence-corrected chi connectivity index (χ1v) is 9.02. The number of halogens is 3. The van der Waals surface area contributed by atoms with Crippen LogP contribution in [0.3, 0.4) is 0 Å². The molecule has 5 nitrogen and oxygen atoms in total. The van der Waals surface area contributed by atoms with Crippen molar-refractivity contribution in [2.45, 2.75) is 19.4 Å². The highest BCUT2D eigenvalue weighted by molar-refractivity contribution is 7.18. The van der Waals surface area contributed by atoms with Crippen molar-refractivity contribution in [3.05, 3.63) is 51.1 Å². The highest BCUT2D eigenvalue weighted by Gasteiger charge is 2.21. The summed E-state index contributed by atoms with van der Waals surface area (Å²) in [6.07, 6.45) is 0.906. The van der Waals surface area contributed by atoms with Crippen molar-refractivity contribution in [3.63, 3.8) is 0 Å². The van der Waals surface area contributed by atoms with Crippen LogP contribution in [0.2, 0.25) is 5.02 Å². The van der Waals surface area contributed by atoms with Crippen LogP contribution in [-0.2, 0) is 0 Å². The predicted octanol–water partition coefficient (Wildman–Crippen LogP) is 3.61. The zero-order valence-corrected chi connectivity index (χ0v) is 16.3. The molecule has 2 heterocycles. The van der Waals surface area contributed by atoms with Gasteiger partial charge in [-0.3, -0.25) is 9.59 Å². The first-order valence-electron chi connectivity index (χ1n) is 7.82. The van der Waals surface area contributed by atoms with E-state index in [0.717, 1.165) is 31.1 Å². The average molecular weight is 418 g/mol. The van der Waals surface area contributed by atoms with E-state index in [1.54, 1.807) is 6.07 Å². The number of anilines is 1. The third-order valence-corrected chi connectivity index (χ3v) is 5.40. The molecule has 2 aromatic rings. The van der Waals surface area contributed by atoms with Crippen LogP contribution in [0, 0.1) is 12.7 Å². The van der Waals surface area contributed by atoms with Gasteiger partial charge in [0.2, 0.25) is 0 Å². The average Bonchev–Trinajstić information content (AvgIpc) is 3.16. The quantitative estimate of drug-likeness (QED) is 0.711. The van der Waals surface area contributed by atoms with Gasteiger partial charge in [-0.25, -0.2) is 4.39 Å². The fraction of sp³-hybridized carbons (Fsp3) is 0.294. The third-order valence-electron chi connectivity index (χ3n) is 3.93. The van der Waals surface area contributed by atoms with Crippen LogP contribution in [0.25, 0.3) is 0 Å². The van der Waals surface area contributed by atoms with Gasteiger partial charge in [0.15, 0.2) is 0 Å². The number of nitrogens with one attached hydrogen (secondary N) is 3. The summed E-state index contributed by atoms with van der Waals surface area (Å²) < 4.78 is 13.1. The normalized spacial score (nSPS) is 16.0. The molecule has 140 valence electrons. The molecule has 1 atom stereocenters. The molecule has 3 N–H and O–H groups in total. The fourth-order valence-corrected chi connectivity index (χ4v) is 3.87. The Morgan fingerprint density at radius 3 is 2.73 bits per heavy atom. The molecule has 0 spiro atoms. The van der Waals surface area contributed by atoms with Crippen molar-refractivity contribution >= 4 is 52.2 Å². The number of benzene rings is 1. The van der Waals surface area contributed by atoms with E-state index in [1.807, 2.05) is 6.92 Å². The van der Waals surface area contributed by atoms with Crippen LogP contribution in [0.5, 0.6) is 0 Å². The van der Waals surface area contributed by atoms with Crippen molar-refractivity contribution in [1.29, 1.82) is 0 Å². The van der Waals surface area contributed by atoms with Gasteiger partial charge < -0.3 is 16.0 Å². The summed E-state index contributed by atoms with van der Waals surface area (Å²) in [6.45, 7) is 3.48. The smallest absolute Gasteiger partial charge is 0.261 e. The second-order valence-corrected chi connectivity index (χ2v) is 7.32. The predicted molar refractivity (Wildman–Crippen MR) is 104 cm³/mol. The van der Waals surface area contributed by atoms with Crippen LogP contribution < -0.4 is 16.0 Å². The Labute approximate surface area is 165 Å². The number of rotatable bonds is 4. The molecular weight excluding hydrogens is 400 g/mol. The lowest BCUT2D eigenvalue weighted by Crippen LogP contribution is -2.36. The molecule has 2 amide bonds. The van der Waals surface area contributed by atoms with Crippen LogP contribution in [0.4, 0.5) is 9.39 Å². The maximum absolute atomic E-state index is 13.1. The Morgan fingerprint density at radius 2 is 2.08 bits per heavy atom. The molecule has 1 saturated heterocycles. The topological polar surface area (TPSA) is 70.2 Å². The largest absolute Gasteiger partial charge is 0.347 e. The van der Waals surface area contributed by atoms with E-state index in [1.165, 1.54) is 23.5 Å². The molecule has 0 radical (unpaired) electrons. The highest BCUT2D eigenvalue weighted by atomic mass is 35.5. The molecule has 0 aliphatic carbocycles. The summed E-state index contributed by atoms with van der Waals surface area (Å²) in [4.78, 5) is 25.2. The molecule has 9 heteroatoms. The van der Waals surface area contributed by atoms with Crippen LogP contribution in [-0.4, -0.2) is 30.9 Å². The number of carbonyl (C=O) groups is 2. The third kappa shape index (κ3) is 4.73. The lowest BCUT2D eigenvalue weighted by molar-refractivity contribution is 0.0942. The molecule has 1 aromatic heterocycles. The summed E-state index contributed by atoms with van der Waals surface area (Å²) in [7, 11) is 0. The Morgan fingerprint density at radius 1 is 1.31 bits per heavy atom. The van der Waals surface area contributed by atoms with E-state index >= 15 is 0 Å². The Balaban J connectivity index is 0.00000243. The fourth-order valence-electron chi connectivity index (χ4n) is 2.65. The first kappa shape index (κ1) is 20.6. The second kappa shape index (κ2) is 8.81. The van der Waals surface area contributed by atoms with E-state index in [4.69, 9.17) is 11.6 Å². The van der Waals surface area contributed by atoms with Crippen molar-refractivity contribution in [2.24, 2.45) is 0 Å². The van der Waals surface area contributed by atoms with Gasteiger partial charge in [-0.1, -0.05) is 11.6 Å². The molecule has 0 saturated carbocycles. The Hall–Kier alpha value is -1.67. The molecule has 1 aliphatic heterocycles. The SMILES string of the molecule is Cc1cc(NC(=O)c2ccc(F)cc2Cl)sc1C(=O)NC1CCNC1.Cl. The summed E-state index contributed by atoms with van der Waals surface area (Å²) in [5.41, 5.74) is 0.964. The van der Waals surface area contributed by atoms with Gasteiger partial charge in [0, 0.05) is 12.6 Å². The number of thiophene rings is 1. The molecular formula is C17H18Cl2FN3O2S. The zero-order valence-electron chi connectivity index (χ0n) is 13.9. The van der Waals surface area contributed by atoms with Gasteiger partial charge in [-0.05, 0) is 49.7 Å². The summed E-state index contributed by atoms with van der Waals surface area (Å²) >= 11 is 7.11. The van der Waals surface area contributed by atoms with E-state index in [0.29, 0.717) is 9.88 Å². The van der Waals surface area contributed by atoms with Gasteiger partial charge in [0.25, 0.3) is 11.8 Å². The first-order chi connectivity index (χ1) is 11.9. The summed E-state index contributed by atoms with van der Waals surface area (Å²) in [5, 5.41) is 9.47. The van der Waals surface area contributed by atoms with Gasteiger partial charge >= 0.3 is 0 Å². The minimum Gasteiger partial charge on any atom is -0.347 e.